The molecule has 0 aromatic rings. The van der Waals surface area contributed by atoms with Gasteiger partial charge in [0.15, 0.2) is 0 Å². The van der Waals surface area contributed by atoms with E-state index in [1.54, 1.807) is 0 Å². The van der Waals surface area contributed by atoms with Gasteiger partial charge in [-0.15, -0.1) is 0 Å². The van der Waals surface area contributed by atoms with Crippen LogP contribution in [0, 0.1) is 0 Å². The average Bonchev–Trinajstić information content (AvgIpc) is 2.59. The minimum absolute atomic E-state index is 0.430. The summed E-state index contributed by atoms with van der Waals surface area (Å²) >= 11 is 0. The number of rotatable bonds is 5. The summed E-state index contributed by atoms with van der Waals surface area (Å²) in [6.45, 7) is 8.79. The topological polar surface area (TPSA) is 24.5 Å². The van der Waals surface area contributed by atoms with Gasteiger partial charge in [-0.05, 0) is 38.8 Å². The van der Waals surface area contributed by atoms with E-state index in [9.17, 15) is 0 Å². The van der Waals surface area contributed by atoms with Crippen molar-refractivity contribution < 1.29 is 4.74 Å². The van der Waals surface area contributed by atoms with Gasteiger partial charge in [-0.25, -0.2) is 0 Å². The zero-order chi connectivity index (χ0) is 12.7. The Morgan fingerprint density at radius 2 is 1.94 bits per heavy atom. The average molecular weight is 254 g/mol. The smallest absolute Gasteiger partial charge is 0.0593 e. The van der Waals surface area contributed by atoms with Crippen molar-refractivity contribution in [1.82, 2.24) is 10.2 Å². The zero-order valence-electron chi connectivity index (χ0n) is 12.0. The van der Waals surface area contributed by atoms with E-state index in [4.69, 9.17) is 4.74 Å². The van der Waals surface area contributed by atoms with Crippen molar-refractivity contribution in [3.05, 3.63) is 0 Å². The number of hydrogen-bond acceptors (Lipinski definition) is 3. The van der Waals surface area contributed by atoms with Gasteiger partial charge in [-0.2, -0.15) is 0 Å². The van der Waals surface area contributed by atoms with Crippen molar-refractivity contribution >= 4 is 0 Å². The van der Waals surface area contributed by atoms with Crippen LogP contribution in [0.5, 0.6) is 0 Å². The molecular weight excluding hydrogens is 224 g/mol. The molecule has 0 radical (unpaired) electrons. The van der Waals surface area contributed by atoms with Crippen LogP contribution in [0.15, 0.2) is 0 Å². The summed E-state index contributed by atoms with van der Waals surface area (Å²) in [6, 6.07) is 0. The Hall–Kier alpha value is -0.120. The van der Waals surface area contributed by atoms with E-state index in [-0.39, 0.29) is 0 Å². The SMILES string of the molecule is CCCOCCN1CCCNC2(CCCCC2)C1. The van der Waals surface area contributed by atoms with E-state index >= 15 is 0 Å². The summed E-state index contributed by atoms with van der Waals surface area (Å²) in [4.78, 5) is 2.63. The van der Waals surface area contributed by atoms with Crippen molar-refractivity contribution in [2.75, 3.05) is 39.4 Å². The second-order valence-corrected chi connectivity index (χ2v) is 6.01. The highest BCUT2D eigenvalue weighted by atomic mass is 16.5. The fourth-order valence-electron chi connectivity index (χ4n) is 3.41. The van der Waals surface area contributed by atoms with Crippen molar-refractivity contribution in [3.8, 4) is 0 Å². The maximum Gasteiger partial charge on any atom is 0.0593 e. The highest BCUT2D eigenvalue weighted by molar-refractivity contribution is 4.95. The summed E-state index contributed by atoms with van der Waals surface area (Å²) in [5.41, 5.74) is 0.430. The van der Waals surface area contributed by atoms with Gasteiger partial charge < -0.3 is 10.1 Å². The molecule has 18 heavy (non-hydrogen) atoms. The molecule has 1 heterocycles. The summed E-state index contributed by atoms with van der Waals surface area (Å²) < 4.78 is 5.64. The zero-order valence-corrected chi connectivity index (χ0v) is 12.0. The van der Waals surface area contributed by atoms with Crippen LogP contribution in [0.25, 0.3) is 0 Å². The molecule has 1 saturated carbocycles. The molecule has 1 aliphatic carbocycles. The number of hydrogen-bond donors (Lipinski definition) is 1. The van der Waals surface area contributed by atoms with Gasteiger partial charge in [-0.3, -0.25) is 4.90 Å². The maximum atomic E-state index is 5.64. The second-order valence-electron chi connectivity index (χ2n) is 6.01. The van der Waals surface area contributed by atoms with Crippen LogP contribution in [-0.2, 0) is 4.74 Å². The molecule has 2 aliphatic rings. The minimum Gasteiger partial charge on any atom is -0.380 e. The molecule has 106 valence electrons. The molecule has 3 heteroatoms. The van der Waals surface area contributed by atoms with Crippen LogP contribution in [-0.4, -0.2) is 49.8 Å². The molecule has 0 aromatic heterocycles. The first-order valence-corrected chi connectivity index (χ1v) is 7.90. The third-order valence-corrected chi connectivity index (χ3v) is 4.39. The first-order valence-electron chi connectivity index (χ1n) is 7.90. The van der Waals surface area contributed by atoms with Crippen molar-refractivity contribution in [3.63, 3.8) is 0 Å². The van der Waals surface area contributed by atoms with Gasteiger partial charge in [0, 0.05) is 25.2 Å². The Morgan fingerprint density at radius 1 is 1.11 bits per heavy atom. The summed E-state index contributed by atoms with van der Waals surface area (Å²) in [5, 5.41) is 3.85. The van der Waals surface area contributed by atoms with Gasteiger partial charge in [-0.1, -0.05) is 26.2 Å². The molecule has 0 atom stereocenters. The van der Waals surface area contributed by atoms with E-state index in [1.807, 2.05) is 0 Å². The molecule has 2 rings (SSSR count). The molecule has 1 saturated heterocycles. The molecule has 0 amide bonds. The van der Waals surface area contributed by atoms with Crippen LogP contribution >= 0.6 is 0 Å². The lowest BCUT2D eigenvalue weighted by Gasteiger charge is -2.40. The van der Waals surface area contributed by atoms with E-state index in [0.717, 1.165) is 26.2 Å². The van der Waals surface area contributed by atoms with Gasteiger partial charge in [0.1, 0.15) is 0 Å². The third kappa shape index (κ3) is 4.22. The van der Waals surface area contributed by atoms with Crippen LogP contribution < -0.4 is 5.32 Å². The van der Waals surface area contributed by atoms with Crippen molar-refractivity contribution in [2.24, 2.45) is 0 Å². The van der Waals surface area contributed by atoms with Gasteiger partial charge in [0.25, 0.3) is 0 Å². The van der Waals surface area contributed by atoms with Gasteiger partial charge >= 0.3 is 0 Å². The summed E-state index contributed by atoms with van der Waals surface area (Å²) in [7, 11) is 0. The molecule has 0 unspecified atom stereocenters. The Morgan fingerprint density at radius 3 is 2.72 bits per heavy atom. The first kappa shape index (κ1) is 14.3. The summed E-state index contributed by atoms with van der Waals surface area (Å²) in [5.74, 6) is 0. The quantitative estimate of drug-likeness (QED) is 0.763. The predicted octanol–water partition coefficient (Wildman–Crippen LogP) is 2.41. The van der Waals surface area contributed by atoms with Crippen LogP contribution in [0.1, 0.15) is 51.9 Å². The molecular formula is C15H30N2O. The Kier molecular flexibility index (Phi) is 5.93. The summed E-state index contributed by atoms with van der Waals surface area (Å²) in [6.07, 6.45) is 9.42. The lowest BCUT2D eigenvalue weighted by atomic mass is 9.81. The molecule has 0 bridgehead atoms. The van der Waals surface area contributed by atoms with Gasteiger partial charge in [0.05, 0.1) is 6.61 Å². The second kappa shape index (κ2) is 7.46. The van der Waals surface area contributed by atoms with E-state index in [2.05, 4.69) is 17.1 Å². The molecule has 1 aliphatic heterocycles. The number of nitrogens with zero attached hydrogens (tertiary/aromatic N) is 1. The Labute approximate surface area is 112 Å². The van der Waals surface area contributed by atoms with Crippen LogP contribution in [0.3, 0.4) is 0 Å². The van der Waals surface area contributed by atoms with E-state index in [0.29, 0.717) is 5.54 Å². The fraction of sp³-hybridized carbons (Fsp3) is 1.00. The van der Waals surface area contributed by atoms with E-state index < -0.39 is 0 Å². The third-order valence-electron chi connectivity index (χ3n) is 4.39. The maximum absolute atomic E-state index is 5.64. The van der Waals surface area contributed by atoms with Gasteiger partial charge in [0.2, 0.25) is 0 Å². The fourth-order valence-corrected chi connectivity index (χ4v) is 3.41. The molecule has 3 nitrogen and oxygen atoms in total. The Balaban J connectivity index is 1.79. The molecule has 1 spiro atoms. The molecule has 2 fully saturated rings. The molecule has 0 aromatic carbocycles. The minimum atomic E-state index is 0.430. The van der Waals surface area contributed by atoms with Crippen LogP contribution in [0.4, 0.5) is 0 Å². The Bertz CT molecular complexity index is 227. The highest BCUT2D eigenvalue weighted by Gasteiger charge is 2.34. The van der Waals surface area contributed by atoms with E-state index in [1.165, 1.54) is 58.2 Å². The standard InChI is InChI=1S/C15H30N2O/c1-2-12-18-13-11-17-10-6-9-16-15(14-17)7-4-3-5-8-15/h16H,2-14H2,1H3. The lowest BCUT2D eigenvalue weighted by molar-refractivity contribution is 0.0897. The van der Waals surface area contributed by atoms with Crippen molar-refractivity contribution in [1.29, 1.82) is 0 Å². The van der Waals surface area contributed by atoms with Crippen molar-refractivity contribution in [2.45, 2.75) is 57.4 Å². The largest absolute Gasteiger partial charge is 0.380 e. The number of nitrogens with one attached hydrogen (secondary N) is 1. The first-order chi connectivity index (χ1) is 8.85. The monoisotopic (exact) mass is 254 g/mol. The highest BCUT2D eigenvalue weighted by Crippen LogP contribution is 2.30. The predicted molar refractivity (Wildman–Crippen MR) is 76.0 cm³/mol. The number of ether oxygens (including phenoxy) is 1. The normalized spacial score (nSPS) is 25.2. The molecule has 1 N–H and O–H groups in total. The van der Waals surface area contributed by atoms with Crippen LogP contribution in [0.2, 0.25) is 0 Å². The lowest BCUT2D eigenvalue weighted by Crippen LogP contribution is -2.53.